The Kier molecular flexibility index (Phi) is 4.43. The second kappa shape index (κ2) is 6.12. The van der Waals surface area contributed by atoms with E-state index in [4.69, 9.17) is 9.47 Å². The fourth-order valence-corrected chi connectivity index (χ4v) is 4.06. The molecule has 3 heterocycles. The van der Waals surface area contributed by atoms with Crippen LogP contribution in [-0.4, -0.2) is 68.4 Å². The number of rotatable bonds is 2. The maximum atomic E-state index is 6.13. The van der Waals surface area contributed by atoms with Crippen LogP contribution in [0.1, 0.15) is 9.75 Å². The van der Waals surface area contributed by atoms with Gasteiger partial charge in [-0.3, -0.25) is 4.90 Å². The quantitative estimate of drug-likeness (QED) is 0.827. The van der Waals surface area contributed by atoms with Crippen LogP contribution in [0.3, 0.4) is 0 Å². The van der Waals surface area contributed by atoms with E-state index in [2.05, 4.69) is 35.9 Å². The molecule has 4 nitrogen and oxygen atoms in total. The zero-order valence-corrected chi connectivity index (χ0v) is 13.2. The van der Waals surface area contributed by atoms with Crippen molar-refractivity contribution in [3.8, 4) is 0 Å². The summed E-state index contributed by atoms with van der Waals surface area (Å²) in [6.45, 7) is 9.49. The summed E-state index contributed by atoms with van der Waals surface area (Å²) in [6.07, 6.45) is 0. The smallest absolute Gasteiger partial charge is 0.117 e. The molecule has 1 atom stereocenters. The van der Waals surface area contributed by atoms with Gasteiger partial charge in [-0.15, -0.1) is 11.3 Å². The first-order valence-corrected chi connectivity index (χ1v) is 8.15. The van der Waals surface area contributed by atoms with Crippen LogP contribution in [0.4, 0.5) is 0 Å². The molecular weight excluding hydrogens is 272 g/mol. The van der Waals surface area contributed by atoms with Crippen molar-refractivity contribution in [3.05, 3.63) is 21.9 Å². The number of morpholine rings is 1. The van der Waals surface area contributed by atoms with E-state index in [1.807, 2.05) is 11.3 Å². The van der Waals surface area contributed by atoms with Gasteiger partial charge in [-0.1, -0.05) is 0 Å². The van der Waals surface area contributed by atoms with E-state index < -0.39 is 0 Å². The van der Waals surface area contributed by atoms with E-state index in [1.165, 1.54) is 9.75 Å². The lowest BCUT2D eigenvalue weighted by molar-refractivity contribution is -0.141. The largest absolute Gasteiger partial charge is 0.377 e. The van der Waals surface area contributed by atoms with E-state index in [0.717, 1.165) is 52.5 Å². The maximum absolute atomic E-state index is 6.13. The van der Waals surface area contributed by atoms with Crippen LogP contribution in [-0.2, 0) is 16.0 Å². The SMILES string of the molecule is Cc1ccc(CN2CCOC3(COCCN(C)C3)C2)s1. The molecule has 2 saturated heterocycles. The normalized spacial score (nSPS) is 29.7. The number of nitrogens with zero attached hydrogens (tertiary/aromatic N) is 2. The lowest BCUT2D eigenvalue weighted by Gasteiger charge is -2.42. The van der Waals surface area contributed by atoms with Gasteiger partial charge in [-0.2, -0.15) is 0 Å². The minimum absolute atomic E-state index is 0.143. The van der Waals surface area contributed by atoms with Crippen LogP contribution in [0.15, 0.2) is 12.1 Å². The summed E-state index contributed by atoms with van der Waals surface area (Å²) in [7, 11) is 2.15. The predicted molar refractivity (Wildman–Crippen MR) is 81.3 cm³/mol. The lowest BCUT2D eigenvalue weighted by Crippen LogP contribution is -2.58. The van der Waals surface area contributed by atoms with E-state index in [-0.39, 0.29) is 5.60 Å². The average molecular weight is 296 g/mol. The first kappa shape index (κ1) is 14.5. The molecule has 0 amide bonds. The van der Waals surface area contributed by atoms with E-state index >= 15 is 0 Å². The summed E-state index contributed by atoms with van der Waals surface area (Å²) in [5.41, 5.74) is -0.143. The molecule has 0 aromatic carbocycles. The van der Waals surface area contributed by atoms with Crippen LogP contribution >= 0.6 is 11.3 Å². The van der Waals surface area contributed by atoms with Gasteiger partial charge in [0, 0.05) is 42.5 Å². The Morgan fingerprint density at radius 1 is 1.25 bits per heavy atom. The molecule has 20 heavy (non-hydrogen) atoms. The third-order valence-electron chi connectivity index (χ3n) is 4.04. The molecule has 1 unspecified atom stereocenters. The molecule has 2 aliphatic heterocycles. The van der Waals surface area contributed by atoms with Gasteiger partial charge in [0.05, 0.1) is 19.8 Å². The van der Waals surface area contributed by atoms with Crippen LogP contribution in [0, 0.1) is 6.92 Å². The Balaban J connectivity index is 1.66. The van der Waals surface area contributed by atoms with Gasteiger partial charge in [-0.05, 0) is 26.1 Å². The molecule has 112 valence electrons. The van der Waals surface area contributed by atoms with Crippen molar-refractivity contribution in [1.29, 1.82) is 0 Å². The number of hydrogen-bond acceptors (Lipinski definition) is 5. The van der Waals surface area contributed by atoms with Crippen molar-refractivity contribution < 1.29 is 9.47 Å². The van der Waals surface area contributed by atoms with Crippen LogP contribution < -0.4 is 0 Å². The van der Waals surface area contributed by atoms with Crippen molar-refractivity contribution >= 4 is 11.3 Å². The van der Waals surface area contributed by atoms with E-state index in [0.29, 0.717) is 0 Å². The number of aryl methyl sites for hydroxylation is 1. The number of likely N-dealkylation sites (N-methyl/N-ethyl adjacent to an activating group) is 1. The van der Waals surface area contributed by atoms with Gasteiger partial charge in [-0.25, -0.2) is 0 Å². The van der Waals surface area contributed by atoms with Crippen molar-refractivity contribution in [2.24, 2.45) is 0 Å². The first-order valence-electron chi connectivity index (χ1n) is 7.33. The van der Waals surface area contributed by atoms with Crippen molar-refractivity contribution in [2.45, 2.75) is 19.1 Å². The Hall–Kier alpha value is -0.460. The molecule has 0 bridgehead atoms. The second-order valence-corrected chi connectivity index (χ2v) is 7.42. The highest BCUT2D eigenvalue weighted by Gasteiger charge is 2.39. The Morgan fingerprint density at radius 3 is 2.95 bits per heavy atom. The van der Waals surface area contributed by atoms with Gasteiger partial charge in [0.15, 0.2) is 0 Å². The molecule has 5 heteroatoms. The monoisotopic (exact) mass is 296 g/mol. The topological polar surface area (TPSA) is 24.9 Å². The fraction of sp³-hybridized carbons (Fsp3) is 0.733. The van der Waals surface area contributed by atoms with Gasteiger partial charge >= 0.3 is 0 Å². The van der Waals surface area contributed by atoms with Crippen LogP contribution in [0.25, 0.3) is 0 Å². The summed E-state index contributed by atoms with van der Waals surface area (Å²) in [6, 6.07) is 4.45. The highest BCUT2D eigenvalue weighted by atomic mass is 32.1. The van der Waals surface area contributed by atoms with Gasteiger partial charge in [0.1, 0.15) is 5.60 Å². The summed E-state index contributed by atoms with van der Waals surface area (Å²) in [5, 5.41) is 0. The minimum Gasteiger partial charge on any atom is -0.377 e. The molecule has 0 aliphatic carbocycles. The molecule has 2 fully saturated rings. The molecule has 1 aromatic rings. The molecule has 1 spiro atoms. The molecule has 3 rings (SSSR count). The summed E-state index contributed by atoms with van der Waals surface area (Å²) in [4.78, 5) is 7.67. The Bertz CT molecular complexity index is 451. The van der Waals surface area contributed by atoms with Gasteiger partial charge in [0.2, 0.25) is 0 Å². The number of ether oxygens (including phenoxy) is 2. The Morgan fingerprint density at radius 2 is 2.15 bits per heavy atom. The second-order valence-electron chi connectivity index (χ2n) is 6.04. The zero-order valence-electron chi connectivity index (χ0n) is 12.4. The summed E-state index contributed by atoms with van der Waals surface area (Å²) < 4.78 is 11.9. The fourth-order valence-electron chi connectivity index (χ4n) is 3.13. The van der Waals surface area contributed by atoms with E-state index in [9.17, 15) is 0 Å². The van der Waals surface area contributed by atoms with Crippen molar-refractivity contribution in [3.63, 3.8) is 0 Å². The van der Waals surface area contributed by atoms with Crippen molar-refractivity contribution in [1.82, 2.24) is 9.80 Å². The number of hydrogen-bond donors (Lipinski definition) is 0. The first-order chi connectivity index (χ1) is 9.65. The summed E-state index contributed by atoms with van der Waals surface area (Å²) in [5.74, 6) is 0. The highest BCUT2D eigenvalue weighted by Crippen LogP contribution is 2.25. The molecule has 0 radical (unpaired) electrons. The highest BCUT2D eigenvalue weighted by molar-refractivity contribution is 7.11. The minimum atomic E-state index is -0.143. The van der Waals surface area contributed by atoms with Crippen LogP contribution in [0.2, 0.25) is 0 Å². The van der Waals surface area contributed by atoms with E-state index in [1.54, 1.807) is 0 Å². The zero-order chi connectivity index (χ0) is 14.0. The standard InChI is InChI=1S/C15H24N2O2S/c1-13-3-4-14(20-13)9-17-6-8-19-15(11-17)10-16(2)5-7-18-12-15/h3-4H,5-12H2,1-2H3. The third-order valence-corrected chi connectivity index (χ3v) is 5.03. The third kappa shape index (κ3) is 3.40. The predicted octanol–water partition coefficient (Wildman–Crippen LogP) is 1.59. The Labute approximate surface area is 125 Å². The van der Waals surface area contributed by atoms with Gasteiger partial charge in [0.25, 0.3) is 0 Å². The molecule has 0 saturated carbocycles. The maximum Gasteiger partial charge on any atom is 0.117 e. The molecule has 0 N–H and O–H groups in total. The summed E-state index contributed by atoms with van der Waals surface area (Å²) >= 11 is 1.90. The number of thiophene rings is 1. The average Bonchev–Trinajstić information content (AvgIpc) is 2.72. The van der Waals surface area contributed by atoms with Crippen LogP contribution in [0.5, 0.6) is 0 Å². The molecule has 1 aromatic heterocycles. The van der Waals surface area contributed by atoms with Gasteiger partial charge < -0.3 is 14.4 Å². The molecular formula is C15H24N2O2S. The van der Waals surface area contributed by atoms with Crippen molar-refractivity contribution in [2.75, 3.05) is 53.0 Å². The lowest BCUT2D eigenvalue weighted by atomic mass is 10.0. The molecule has 2 aliphatic rings.